The number of esters is 1. The first-order valence-corrected chi connectivity index (χ1v) is 10.4. The number of hydrogen-bond donors (Lipinski definition) is 2. The number of aliphatic hydroxyl groups excluding tert-OH is 1. The van der Waals surface area contributed by atoms with Crippen molar-refractivity contribution in [2.45, 2.75) is 83.3 Å². The molecule has 0 aromatic carbocycles. The lowest BCUT2D eigenvalue weighted by Crippen LogP contribution is -2.55. The summed E-state index contributed by atoms with van der Waals surface area (Å²) >= 11 is 0. The third kappa shape index (κ3) is 2.44. The molecule has 4 rings (SSSR count). The summed E-state index contributed by atoms with van der Waals surface area (Å²) in [5.41, 5.74) is 0.567. The van der Waals surface area contributed by atoms with Gasteiger partial charge in [-0.2, -0.15) is 0 Å². The van der Waals surface area contributed by atoms with Crippen molar-refractivity contribution in [2.24, 2.45) is 28.6 Å². The van der Waals surface area contributed by atoms with E-state index in [0.717, 1.165) is 44.9 Å². The van der Waals surface area contributed by atoms with Crippen molar-refractivity contribution in [3.05, 3.63) is 11.6 Å². The first-order valence-electron chi connectivity index (χ1n) is 10.4. The third-order valence-corrected chi connectivity index (χ3v) is 9.06. The van der Waals surface area contributed by atoms with Crippen molar-refractivity contribution >= 4 is 5.97 Å². The standard InChI is InChI=1S/C22H34O4/c1-20-9-6-15(23)12-14(20)4-5-16-17(20)7-10-21(2)18(16)8-11-22(21,25)13-19(24)26-3/h4,15-18,23,25H,5-13H2,1-3H3/t15-,16-,17+,18+,20-,21+,22+/m0/s1. The molecule has 0 radical (unpaired) electrons. The number of allylic oxidation sites excluding steroid dienone is 1. The van der Waals surface area contributed by atoms with E-state index in [1.165, 1.54) is 12.7 Å². The molecule has 3 saturated carbocycles. The summed E-state index contributed by atoms with van der Waals surface area (Å²) < 4.78 is 4.87. The van der Waals surface area contributed by atoms with Crippen molar-refractivity contribution in [2.75, 3.05) is 7.11 Å². The van der Waals surface area contributed by atoms with E-state index < -0.39 is 5.60 Å². The number of carbonyl (C=O) groups is 1. The topological polar surface area (TPSA) is 66.8 Å². The van der Waals surface area contributed by atoms with E-state index in [-0.39, 0.29) is 29.3 Å². The molecule has 0 unspecified atom stereocenters. The number of ether oxygens (including phenoxy) is 1. The molecule has 0 heterocycles. The van der Waals surface area contributed by atoms with Crippen molar-refractivity contribution in [3.8, 4) is 0 Å². The summed E-state index contributed by atoms with van der Waals surface area (Å²) in [4.78, 5) is 11.9. The van der Waals surface area contributed by atoms with Crippen LogP contribution in [-0.2, 0) is 9.53 Å². The summed E-state index contributed by atoms with van der Waals surface area (Å²) in [5.74, 6) is 1.41. The van der Waals surface area contributed by atoms with Crippen LogP contribution in [-0.4, -0.2) is 35.0 Å². The maximum atomic E-state index is 11.9. The minimum atomic E-state index is -0.927. The van der Waals surface area contributed by atoms with E-state index in [4.69, 9.17) is 4.74 Å². The zero-order valence-corrected chi connectivity index (χ0v) is 16.5. The largest absolute Gasteiger partial charge is 0.469 e. The van der Waals surface area contributed by atoms with Gasteiger partial charge in [0.05, 0.1) is 25.2 Å². The zero-order valence-electron chi connectivity index (χ0n) is 16.5. The zero-order chi connectivity index (χ0) is 18.7. The van der Waals surface area contributed by atoms with Gasteiger partial charge in [-0.15, -0.1) is 0 Å². The van der Waals surface area contributed by atoms with Crippen LogP contribution in [0, 0.1) is 28.6 Å². The summed E-state index contributed by atoms with van der Waals surface area (Å²) in [5, 5.41) is 21.5. The monoisotopic (exact) mass is 362 g/mol. The van der Waals surface area contributed by atoms with Gasteiger partial charge < -0.3 is 14.9 Å². The third-order valence-electron chi connectivity index (χ3n) is 9.06. The fraction of sp³-hybridized carbons (Fsp3) is 0.864. The van der Waals surface area contributed by atoms with Gasteiger partial charge in [0.25, 0.3) is 0 Å². The predicted molar refractivity (Wildman–Crippen MR) is 99.3 cm³/mol. The second-order valence-electron chi connectivity index (χ2n) is 9.94. The van der Waals surface area contributed by atoms with Gasteiger partial charge >= 0.3 is 5.97 Å². The van der Waals surface area contributed by atoms with Gasteiger partial charge in [0.1, 0.15) is 0 Å². The SMILES string of the molecule is COC(=O)C[C@]1(O)CC[C@@H]2[C@H]3CC=C4C[C@@H](O)CC[C@]4(C)[C@@H]3CC[C@]21C. The molecule has 4 aliphatic carbocycles. The Kier molecular flexibility index (Phi) is 4.31. The van der Waals surface area contributed by atoms with Crippen molar-refractivity contribution in [1.82, 2.24) is 0 Å². The molecule has 4 heteroatoms. The fourth-order valence-electron chi connectivity index (χ4n) is 7.35. The molecule has 0 bridgehead atoms. The number of carbonyl (C=O) groups excluding carboxylic acids is 1. The second-order valence-corrected chi connectivity index (χ2v) is 9.94. The highest BCUT2D eigenvalue weighted by Crippen LogP contribution is 2.67. The first kappa shape index (κ1) is 18.5. The van der Waals surface area contributed by atoms with E-state index in [1.54, 1.807) is 0 Å². The number of aliphatic hydroxyl groups is 2. The van der Waals surface area contributed by atoms with Crippen LogP contribution in [0.1, 0.15) is 71.6 Å². The Morgan fingerprint density at radius 3 is 2.65 bits per heavy atom. The minimum absolute atomic E-state index is 0.123. The van der Waals surface area contributed by atoms with Crippen molar-refractivity contribution in [3.63, 3.8) is 0 Å². The van der Waals surface area contributed by atoms with E-state index >= 15 is 0 Å². The quantitative estimate of drug-likeness (QED) is 0.582. The number of hydrogen-bond acceptors (Lipinski definition) is 4. The highest BCUT2D eigenvalue weighted by atomic mass is 16.5. The maximum Gasteiger partial charge on any atom is 0.308 e. The lowest BCUT2D eigenvalue weighted by Gasteiger charge is -2.59. The smallest absolute Gasteiger partial charge is 0.308 e. The molecule has 3 fully saturated rings. The highest BCUT2D eigenvalue weighted by Gasteiger charge is 2.64. The normalized spacial score (nSPS) is 50.3. The van der Waals surface area contributed by atoms with Crippen LogP contribution in [0.3, 0.4) is 0 Å². The Hall–Kier alpha value is -0.870. The van der Waals surface area contributed by atoms with Crippen molar-refractivity contribution in [1.29, 1.82) is 0 Å². The van der Waals surface area contributed by atoms with E-state index in [1.807, 2.05) is 0 Å². The molecule has 4 nitrogen and oxygen atoms in total. The van der Waals surface area contributed by atoms with E-state index in [2.05, 4.69) is 19.9 Å². The Bertz CT molecular complexity index is 628. The van der Waals surface area contributed by atoms with Gasteiger partial charge in [-0.1, -0.05) is 25.5 Å². The van der Waals surface area contributed by atoms with Crippen LogP contribution < -0.4 is 0 Å². The molecule has 26 heavy (non-hydrogen) atoms. The molecule has 0 aromatic heterocycles. The summed E-state index contributed by atoms with van der Waals surface area (Å²) in [6.45, 7) is 4.63. The van der Waals surface area contributed by atoms with E-state index in [9.17, 15) is 15.0 Å². The first-order chi connectivity index (χ1) is 12.2. The van der Waals surface area contributed by atoms with Crippen LogP contribution in [0.25, 0.3) is 0 Å². The Labute approximate surface area is 157 Å². The average Bonchev–Trinajstić information content (AvgIpc) is 2.86. The number of methoxy groups -OCH3 is 1. The van der Waals surface area contributed by atoms with Gasteiger partial charge in [0.15, 0.2) is 0 Å². The van der Waals surface area contributed by atoms with Gasteiger partial charge in [0, 0.05) is 0 Å². The molecule has 0 saturated heterocycles. The summed E-state index contributed by atoms with van der Waals surface area (Å²) in [7, 11) is 1.41. The minimum Gasteiger partial charge on any atom is -0.469 e. The maximum absolute atomic E-state index is 11.9. The molecule has 7 atom stereocenters. The molecule has 2 N–H and O–H groups in total. The lowest BCUT2D eigenvalue weighted by atomic mass is 9.47. The molecule has 0 spiro atoms. The molecule has 0 aliphatic heterocycles. The molecule has 146 valence electrons. The molecule has 0 aromatic rings. The van der Waals surface area contributed by atoms with Gasteiger partial charge in [-0.05, 0) is 80.0 Å². The average molecular weight is 363 g/mol. The number of rotatable bonds is 2. The van der Waals surface area contributed by atoms with Crippen LogP contribution in [0.5, 0.6) is 0 Å². The Morgan fingerprint density at radius 1 is 1.19 bits per heavy atom. The molecule has 4 aliphatic rings. The van der Waals surface area contributed by atoms with Crippen LogP contribution in [0.4, 0.5) is 0 Å². The molecule has 0 amide bonds. The van der Waals surface area contributed by atoms with Crippen molar-refractivity contribution < 1.29 is 19.7 Å². The summed E-state index contributed by atoms with van der Waals surface area (Å²) in [6, 6.07) is 0. The Morgan fingerprint density at radius 2 is 1.92 bits per heavy atom. The van der Waals surface area contributed by atoms with Gasteiger partial charge in [-0.25, -0.2) is 0 Å². The van der Waals surface area contributed by atoms with Crippen LogP contribution in [0.15, 0.2) is 11.6 Å². The van der Waals surface area contributed by atoms with E-state index in [0.29, 0.717) is 24.2 Å². The van der Waals surface area contributed by atoms with Gasteiger partial charge in [0.2, 0.25) is 0 Å². The Balaban J connectivity index is 1.63. The second kappa shape index (κ2) is 6.07. The predicted octanol–water partition coefficient (Wildman–Crippen LogP) is 3.60. The van der Waals surface area contributed by atoms with Crippen LogP contribution >= 0.6 is 0 Å². The van der Waals surface area contributed by atoms with Gasteiger partial charge in [-0.3, -0.25) is 4.79 Å². The molecular weight excluding hydrogens is 328 g/mol. The summed E-state index contributed by atoms with van der Waals surface area (Å²) in [6.07, 6.45) is 10.1. The molecular formula is C22H34O4. The highest BCUT2D eigenvalue weighted by molar-refractivity contribution is 5.70. The van der Waals surface area contributed by atoms with Crippen LogP contribution in [0.2, 0.25) is 0 Å². The lowest BCUT2D eigenvalue weighted by molar-refractivity contribution is -0.160. The fourth-order valence-corrected chi connectivity index (χ4v) is 7.35. The number of fused-ring (bicyclic) bond motifs is 5.